The maximum Gasteiger partial charge on any atom is 0.417 e. The molecule has 0 radical (unpaired) electrons. The van der Waals surface area contributed by atoms with E-state index in [1.165, 1.54) is 0 Å². The number of hydrogen-bond acceptors (Lipinski definition) is 4. The summed E-state index contributed by atoms with van der Waals surface area (Å²) in [5, 5.41) is 10.9. The first-order valence-corrected chi connectivity index (χ1v) is 11.9. The Morgan fingerprint density at radius 3 is 2.71 bits per heavy atom. The summed E-state index contributed by atoms with van der Waals surface area (Å²) in [6, 6.07) is 7.47. The van der Waals surface area contributed by atoms with Gasteiger partial charge in [0.2, 0.25) is 5.91 Å². The molecule has 5 nitrogen and oxygen atoms in total. The molecule has 1 unspecified atom stereocenters. The summed E-state index contributed by atoms with van der Waals surface area (Å²) in [6.07, 6.45) is 3.91. The van der Waals surface area contributed by atoms with Crippen LogP contribution in [0.4, 0.5) is 18.9 Å². The highest BCUT2D eigenvalue weighted by atomic mass is 19.4. The summed E-state index contributed by atoms with van der Waals surface area (Å²) in [5.74, 6) is 0.123. The molecule has 0 bridgehead atoms. The number of hydrogen-bond donors (Lipinski definition) is 3. The van der Waals surface area contributed by atoms with Crippen molar-refractivity contribution in [1.29, 1.82) is 0 Å². The molecule has 8 heteroatoms. The second-order valence-corrected chi connectivity index (χ2v) is 9.71. The van der Waals surface area contributed by atoms with Crippen molar-refractivity contribution < 1.29 is 18.0 Å². The van der Waals surface area contributed by atoms with Crippen molar-refractivity contribution in [1.82, 2.24) is 15.6 Å². The number of alkyl halides is 3. The number of piperidine rings is 1. The summed E-state index contributed by atoms with van der Waals surface area (Å²) in [4.78, 5) is 16.1. The van der Waals surface area contributed by atoms with E-state index in [1.807, 2.05) is 12.1 Å². The molecule has 2 saturated carbocycles. The Hall–Kier alpha value is -2.87. The number of aromatic nitrogens is 1. The van der Waals surface area contributed by atoms with Crippen LogP contribution in [0.15, 0.2) is 36.9 Å². The molecule has 3 aliphatic rings. The van der Waals surface area contributed by atoms with Crippen molar-refractivity contribution in [2.45, 2.75) is 44.3 Å². The Labute approximate surface area is 196 Å². The summed E-state index contributed by atoms with van der Waals surface area (Å²) >= 11 is 0. The molecule has 5 rings (SSSR count). The molecule has 2 heterocycles. The van der Waals surface area contributed by atoms with E-state index in [2.05, 4.69) is 27.5 Å². The number of carbonyl (C=O) groups is 1. The summed E-state index contributed by atoms with van der Waals surface area (Å²) in [7, 11) is 0. The lowest BCUT2D eigenvalue weighted by atomic mass is 9.93. The van der Waals surface area contributed by atoms with Crippen LogP contribution in [0.2, 0.25) is 0 Å². The molecule has 34 heavy (non-hydrogen) atoms. The zero-order valence-electron chi connectivity index (χ0n) is 19.0. The third-order valence-electron chi connectivity index (χ3n) is 7.27. The predicted molar refractivity (Wildman–Crippen MR) is 128 cm³/mol. The van der Waals surface area contributed by atoms with Gasteiger partial charge >= 0.3 is 6.18 Å². The Morgan fingerprint density at radius 2 is 2.00 bits per heavy atom. The number of rotatable bonds is 7. The van der Waals surface area contributed by atoms with Crippen LogP contribution in [0, 0.1) is 11.3 Å². The van der Waals surface area contributed by atoms with Gasteiger partial charge in [-0.25, -0.2) is 4.98 Å². The van der Waals surface area contributed by atoms with E-state index in [1.54, 1.807) is 24.3 Å². The van der Waals surface area contributed by atoms with Crippen LogP contribution in [0.1, 0.15) is 43.5 Å². The average molecular weight is 471 g/mol. The minimum atomic E-state index is -4.58. The Balaban J connectivity index is 1.45. The number of carbonyl (C=O) groups excluding carboxylic acids is 1. The van der Waals surface area contributed by atoms with Crippen molar-refractivity contribution in [3.63, 3.8) is 0 Å². The maximum atomic E-state index is 13.6. The Bertz CT molecular complexity index is 1150. The topological polar surface area (TPSA) is 66.0 Å². The van der Waals surface area contributed by atoms with Gasteiger partial charge in [0.25, 0.3) is 0 Å². The number of anilines is 1. The highest BCUT2D eigenvalue weighted by Crippen LogP contribution is 2.54. The first-order chi connectivity index (χ1) is 16.3. The maximum absolute atomic E-state index is 13.6. The van der Waals surface area contributed by atoms with E-state index in [0.717, 1.165) is 50.9 Å². The molecular formula is C26H29F3N4O. The second-order valence-electron chi connectivity index (χ2n) is 9.71. The molecular weight excluding hydrogens is 441 g/mol. The van der Waals surface area contributed by atoms with E-state index < -0.39 is 11.7 Å². The summed E-state index contributed by atoms with van der Waals surface area (Å²) in [6.45, 7) is 5.62. The molecule has 1 spiro atoms. The number of nitrogens with zero attached hydrogens (tertiary/aromatic N) is 1. The fourth-order valence-corrected chi connectivity index (χ4v) is 4.92. The lowest BCUT2D eigenvalue weighted by Gasteiger charge is -2.24. The van der Waals surface area contributed by atoms with Gasteiger partial charge in [0.05, 0.1) is 17.0 Å². The monoisotopic (exact) mass is 470 g/mol. The molecule has 3 fully saturated rings. The van der Waals surface area contributed by atoms with Gasteiger partial charge in [-0.3, -0.25) is 4.79 Å². The van der Waals surface area contributed by atoms with Crippen LogP contribution >= 0.6 is 0 Å². The van der Waals surface area contributed by atoms with Crippen LogP contribution in [-0.4, -0.2) is 42.7 Å². The minimum Gasteiger partial charge on any atom is -0.381 e. The van der Waals surface area contributed by atoms with E-state index in [4.69, 9.17) is 0 Å². The van der Waals surface area contributed by atoms with Gasteiger partial charge in [-0.2, -0.15) is 13.2 Å². The van der Waals surface area contributed by atoms with Crippen molar-refractivity contribution >= 4 is 34.0 Å². The number of allylic oxidation sites excluding steroid dienone is 1. The van der Waals surface area contributed by atoms with Crippen molar-refractivity contribution in [3.8, 4) is 0 Å². The number of benzene rings is 1. The van der Waals surface area contributed by atoms with E-state index in [-0.39, 0.29) is 22.9 Å². The highest BCUT2D eigenvalue weighted by molar-refractivity contribution is 6.01. The minimum absolute atomic E-state index is 0.0185. The van der Waals surface area contributed by atoms with Crippen LogP contribution in [0.3, 0.4) is 0 Å². The number of nitrogens with one attached hydrogen (secondary N) is 3. The number of amides is 1. The lowest BCUT2D eigenvalue weighted by molar-refractivity contribution is -0.122. The third kappa shape index (κ3) is 4.69. The highest BCUT2D eigenvalue weighted by Gasteiger charge is 2.54. The zero-order valence-corrected chi connectivity index (χ0v) is 19.0. The molecule has 3 N–H and O–H groups in total. The quantitative estimate of drug-likeness (QED) is 0.538. The van der Waals surface area contributed by atoms with Gasteiger partial charge in [-0.05, 0) is 68.8 Å². The van der Waals surface area contributed by atoms with Gasteiger partial charge < -0.3 is 16.0 Å². The van der Waals surface area contributed by atoms with Gasteiger partial charge in [-0.1, -0.05) is 24.8 Å². The Kier molecular flexibility index (Phi) is 5.88. The molecule has 1 aromatic heterocycles. The van der Waals surface area contributed by atoms with E-state index >= 15 is 0 Å². The SMILES string of the molecule is C=C(c1nc(/C=C/CNC(=O)C2CC2)cc2c(NC3CC34CCNCC4)cccc12)C(F)(F)F. The summed E-state index contributed by atoms with van der Waals surface area (Å²) in [5.41, 5.74) is 0.362. The second kappa shape index (κ2) is 8.73. The van der Waals surface area contributed by atoms with Gasteiger partial charge in [0.15, 0.2) is 0 Å². The number of halogens is 3. The molecule has 1 aromatic carbocycles. The fraction of sp³-hybridized carbons (Fsp3) is 0.462. The van der Waals surface area contributed by atoms with Crippen molar-refractivity contribution in [2.24, 2.45) is 11.3 Å². The molecule has 1 amide bonds. The smallest absolute Gasteiger partial charge is 0.381 e. The van der Waals surface area contributed by atoms with Gasteiger partial charge in [0, 0.05) is 35.0 Å². The summed E-state index contributed by atoms with van der Waals surface area (Å²) < 4.78 is 40.8. The normalized spacial score (nSPS) is 21.7. The van der Waals surface area contributed by atoms with E-state index in [9.17, 15) is 18.0 Å². The first-order valence-electron chi connectivity index (χ1n) is 11.9. The molecule has 2 aromatic rings. The largest absolute Gasteiger partial charge is 0.417 e. The van der Waals surface area contributed by atoms with Gasteiger partial charge in [-0.15, -0.1) is 0 Å². The van der Waals surface area contributed by atoms with Crippen LogP contribution in [0.25, 0.3) is 22.4 Å². The first kappa shape index (κ1) is 22.9. The number of pyridine rings is 1. The molecule has 180 valence electrons. The zero-order chi connectivity index (χ0) is 23.9. The molecule has 1 atom stereocenters. The Morgan fingerprint density at radius 1 is 1.24 bits per heavy atom. The van der Waals surface area contributed by atoms with Crippen LogP contribution in [0.5, 0.6) is 0 Å². The fourth-order valence-electron chi connectivity index (χ4n) is 4.92. The predicted octanol–water partition coefficient (Wildman–Crippen LogP) is 4.90. The van der Waals surface area contributed by atoms with Crippen molar-refractivity contribution in [3.05, 3.63) is 48.3 Å². The third-order valence-corrected chi connectivity index (χ3v) is 7.27. The van der Waals surface area contributed by atoms with Crippen molar-refractivity contribution in [2.75, 3.05) is 25.0 Å². The number of fused-ring (bicyclic) bond motifs is 1. The molecule has 1 saturated heterocycles. The molecule has 1 aliphatic heterocycles. The average Bonchev–Trinajstić information content (AvgIpc) is 3.74. The van der Waals surface area contributed by atoms with Gasteiger partial charge in [0.1, 0.15) is 0 Å². The molecule has 2 aliphatic carbocycles. The lowest BCUT2D eigenvalue weighted by Crippen LogP contribution is -2.31. The standard InChI is InChI=1S/C26H29F3N4O/c1-16(26(27,28)29)23-19-5-2-6-21(33-22-15-25(22)9-12-30-13-10-25)20(19)14-18(32-23)4-3-11-31-24(34)17-7-8-17/h2-6,14,17,22,30,33H,1,7-13,15H2,(H,31,34)/b4-3+. The van der Waals surface area contributed by atoms with E-state index in [0.29, 0.717) is 29.1 Å². The van der Waals surface area contributed by atoms with Crippen LogP contribution in [-0.2, 0) is 4.79 Å². The van der Waals surface area contributed by atoms with Crippen LogP contribution < -0.4 is 16.0 Å².